The molecule has 2 atom stereocenters. The Morgan fingerprint density at radius 2 is 2.17 bits per heavy atom. The van der Waals surface area contributed by atoms with Gasteiger partial charge in [-0.25, -0.2) is 9.97 Å². The van der Waals surface area contributed by atoms with E-state index >= 15 is 0 Å². The summed E-state index contributed by atoms with van der Waals surface area (Å²) in [6.07, 6.45) is 4.28. The van der Waals surface area contributed by atoms with Crippen LogP contribution in [0.1, 0.15) is 34.1 Å². The summed E-state index contributed by atoms with van der Waals surface area (Å²) in [5.41, 5.74) is 5.47. The number of fused-ring (bicyclic) bond motifs is 2. The molecular weight excluding hydrogens is 378 g/mol. The van der Waals surface area contributed by atoms with Gasteiger partial charge in [0.05, 0.1) is 29.4 Å². The molecule has 1 amide bonds. The van der Waals surface area contributed by atoms with Gasteiger partial charge in [0.2, 0.25) is 0 Å². The topological polar surface area (TPSA) is 103 Å². The first-order valence-electron chi connectivity index (χ1n) is 9.95. The summed E-state index contributed by atoms with van der Waals surface area (Å²) >= 11 is 0. The standard InChI is InChI=1S/C23H25N5O2/c1-4-7-14-11-24-23(30)17-10-19(27-20(14)17)16-8-6-9-18-21(16)28-22(13(3)25-18)26-15(5-2)12-29/h4-6,8-10,14-15,27,29H,1-2,7,11-12H2,3H3,(H,24,30)(H,26,28)/t14-,15-/m0/s1. The van der Waals surface area contributed by atoms with Gasteiger partial charge in [0.1, 0.15) is 11.3 Å². The number of aliphatic hydroxyl groups excluding tert-OH is 1. The van der Waals surface area contributed by atoms with Gasteiger partial charge in [0, 0.05) is 29.4 Å². The van der Waals surface area contributed by atoms with E-state index in [1.54, 1.807) is 6.08 Å². The number of anilines is 1. The van der Waals surface area contributed by atoms with Gasteiger partial charge in [-0.05, 0) is 25.5 Å². The largest absolute Gasteiger partial charge is 0.394 e. The van der Waals surface area contributed by atoms with Crippen molar-refractivity contribution >= 4 is 22.8 Å². The number of aliphatic hydroxyl groups is 1. The van der Waals surface area contributed by atoms with Crippen molar-refractivity contribution in [2.45, 2.75) is 25.3 Å². The van der Waals surface area contributed by atoms with Gasteiger partial charge in [0.25, 0.3) is 5.91 Å². The fourth-order valence-electron chi connectivity index (χ4n) is 3.82. The number of aromatic amines is 1. The molecule has 30 heavy (non-hydrogen) atoms. The van der Waals surface area contributed by atoms with E-state index in [4.69, 9.17) is 4.98 Å². The summed E-state index contributed by atoms with van der Waals surface area (Å²) in [5.74, 6) is 0.684. The molecule has 0 aliphatic carbocycles. The summed E-state index contributed by atoms with van der Waals surface area (Å²) in [6, 6.07) is 7.37. The molecule has 0 spiro atoms. The van der Waals surface area contributed by atoms with Gasteiger partial charge < -0.3 is 20.7 Å². The van der Waals surface area contributed by atoms with Gasteiger partial charge in [0.15, 0.2) is 0 Å². The molecule has 1 aromatic carbocycles. The van der Waals surface area contributed by atoms with Gasteiger partial charge in [-0.15, -0.1) is 13.2 Å². The molecule has 154 valence electrons. The van der Waals surface area contributed by atoms with Crippen molar-refractivity contribution in [1.82, 2.24) is 20.3 Å². The number of para-hydroxylation sites is 1. The smallest absolute Gasteiger partial charge is 0.253 e. The number of benzene rings is 1. The number of nitrogens with zero attached hydrogens (tertiary/aromatic N) is 2. The maximum absolute atomic E-state index is 12.4. The summed E-state index contributed by atoms with van der Waals surface area (Å²) in [4.78, 5) is 25.3. The Balaban J connectivity index is 1.83. The normalized spacial score (nSPS) is 16.6. The second-order valence-corrected chi connectivity index (χ2v) is 7.44. The molecule has 0 fully saturated rings. The van der Waals surface area contributed by atoms with Crippen molar-refractivity contribution < 1.29 is 9.90 Å². The highest BCUT2D eigenvalue weighted by Gasteiger charge is 2.27. The lowest BCUT2D eigenvalue weighted by Gasteiger charge is -2.21. The van der Waals surface area contributed by atoms with Crippen LogP contribution < -0.4 is 10.6 Å². The van der Waals surface area contributed by atoms with Crippen molar-refractivity contribution in [3.05, 3.63) is 66.5 Å². The third-order valence-corrected chi connectivity index (χ3v) is 5.42. The summed E-state index contributed by atoms with van der Waals surface area (Å²) in [7, 11) is 0. The number of allylic oxidation sites excluding steroid dienone is 1. The van der Waals surface area contributed by atoms with E-state index in [0.29, 0.717) is 23.4 Å². The fourth-order valence-corrected chi connectivity index (χ4v) is 3.82. The Morgan fingerprint density at radius 1 is 1.33 bits per heavy atom. The van der Waals surface area contributed by atoms with Gasteiger partial charge >= 0.3 is 0 Å². The van der Waals surface area contributed by atoms with E-state index in [-0.39, 0.29) is 24.5 Å². The molecule has 2 aromatic heterocycles. The number of hydrogen-bond donors (Lipinski definition) is 4. The van der Waals surface area contributed by atoms with Crippen LogP contribution >= 0.6 is 0 Å². The number of rotatable bonds is 7. The zero-order valence-corrected chi connectivity index (χ0v) is 16.9. The SMILES string of the molecule is C=CC[C@H]1CNC(=O)c2cc(-c3cccc4nc(C)c(N[C@@H](C=C)CO)nc34)[nH]c21. The molecule has 4 N–H and O–H groups in total. The Bertz CT molecular complexity index is 1130. The molecule has 0 saturated carbocycles. The predicted molar refractivity (Wildman–Crippen MR) is 119 cm³/mol. The van der Waals surface area contributed by atoms with Gasteiger partial charge in [-0.2, -0.15) is 0 Å². The van der Waals surface area contributed by atoms with Crippen LogP contribution in [0, 0.1) is 6.92 Å². The molecule has 0 unspecified atom stereocenters. The second-order valence-electron chi connectivity index (χ2n) is 7.44. The molecule has 4 rings (SSSR count). The summed E-state index contributed by atoms with van der Waals surface area (Å²) < 4.78 is 0. The molecule has 3 aromatic rings. The maximum Gasteiger partial charge on any atom is 0.253 e. The van der Waals surface area contributed by atoms with Crippen LogP contribution in [-0.2, 0) is 0 Å². The zero-order valence-electron chi connectivity index (χ0n) is 16.9. The quantitative estimate of drug-likeness (QED) is 0.453. The minimum atomic E-state index is -0.316. The summed E-state index contributed by atoms with van der Waals surface area (Å²) in [5, 5.41) is 15.6. The number of carbonyl (C=O) groups is 1. The molecule has 7 nitrogen and oxygen atoms in total. The van der Waals surface area contributed by atoms with Crippen molar-refractivity contribution in [2.75, 3.05) is 18.5 Å². The lowest BCUT2D eigenvalue weighted by molar-refractivity contribution is 0.0940. The van der Waals surface area contributed by atoms with E-state index in [2.05, 4.69) is 33.8 Å². The number of carbonyl (C=O) groups excluding carboxylic acids is 1. The third kappa shape index (κ3) is 3.48. The first kappa shape index (κ1) is 19.8. The van der Waals surface area contributed by atoms with Crippen LogP contribution in [0.5, 0.6) is 0 Å². The Labute approximate surface area is 175 Å². The number of aryl methyl sites for hydroxylation is 1. The fraction of sp³-hybridized carbons (Fsp3) is 0.261. The number of amides is 1. The van der Waals surface area contributed by atoms with Crippen LogP contribution in [0.2, 0.25) is 0 Å². The van der Waals surface area contributed by atoms with E-state index in [9.17, 15) is 9.90 Å². The van der Waals surface area contributed by atoms with Crippen LogP contribution in [-0.4, -0.2) is 45.2 Å². The Hall–Kier alpha value is -3.45. The minimum absolute atomic E-state index is 0.0749. The maximum atomic E-state index is 12.4. The number of H-pyrrole nitrogens is 1. The molecule has 0 bridgehead atoms. The van der Waals surface area contributed by atoms with Crippen LogP contribution in [0.3, 0.4) is 0 Å². The highest BCUT2D eigenvalue weighted by molar-refractivity contribution is 6.00. The molecular formula is C23H25N5O2. The highest BCUT2D eigenvalue weighted by atomic mass is 16.3. The predicted octanol–water partition coefficient (Wildman–Crippen LogP) is 3.30. The molecule has 0 radical (unpaired) electrons. The molecule has 0 saturated heterocycles. The Morgan fingerprint density at radius 3 is 2.90 bits per heavy atom. The van der Waals surface area contributed by atoms with E-state index in [1.807, 2.05) is 37.3 Å². The molecule has 1 aliphatic heterocycles. The number of aromatic nitrogens is 3. The van der Waals surface area contributed by atoms with Crippen molar-refractivity contribution in [1.29, 1.82) is 0 Å². The number of nitrogens with one attached hydrogen (secondary N) is 3. The monoisotopic (exact) mass is 403 g/mol. The van der Waals surface area contributed by atoms with Crippen molar-refractivity contribution in [3.8, 4) is 11.3 Å². The van der Waals surface area contributed by atoms with E-state index in [0.717, 1.165) is 34.6 Å². The molecule has 3 heterocycles. The zero-order chi connectivity index (χ0) is 21.3. The number of hydrogen-bond acceptors (Lipinski definition) is 5. The molecule has 1 aliphatic rings. The first-order valence-corrected chi connectivity index (χ1v) is 9.95. The highest BCUT2D eigenvalue weighted by Crippen LogP contribution is 2.34. The average Bonchev–Trinajstić information content (AvgIpc) is 3.20. The van der Waals surface area contributed by atoms with Crippen LogP contribution in [0.4, 0.5) is 5.82 Å². The third-order valence-electron chi connectivity index (χ3n) is 5.42. The molecule has 7 heteroatoms. The Kier molecular flexibility index (Phi) is 5.37. The van der Waals surface area contributed by atoms with Crippen molar-refractivity contribution in [2.24, 2.45) is 0 Å². The van der Waals surface area contributed by atoms with Crippen molar-refractivity contribution in [3.63, 3.8) is 0 Å². The minimum Gasteiger partial charge on any atom is -0.394 e. The van der Waals surface area contributed by atoms with Gasteiger partial charge in [-0.3, -0.25) is 4.79 Å². The van der Waals surface area contributed by atoms with E-state index in [1.165, 1.54) is 0 Å². The average molecular weight is 403 g/mol. The van der Waals surface area contributed by atoms with Gasteiger partial charge in [-0.1, -0.05) is 24.3 Å². The lowest BCUT2D eigenvalue weighted by Crippen LogP contribution is -2.34. The second kappa shape index (κ2) is 8.12. The lowest BCUT2D eigenvalue weighted by atomic mass is 9.94. The first-order chi connectivity index (χ1) is 14.5. The van der Waals surface area contributed by atoms with Crippen LogP contribution in [0.25, 0.3) is 22.3 Å². The summed E-state index contributed by atoms with van der Waals surface area (Å²) in [6.45, 7) is 9.93. The van der Waals surface area contributed by atoms with Crippen LogP contribution in [0.15, 0.2) is 49.6 Å². The van der Waals surface area contributed by atoms with E-state index < -0.39 is 0 Å².